The van der Waals surface area contributed by atoms with E-state index in [2.05, 4.69) is 181 Å². The van der Waals surface area contributed by atoms with E-state index < -0.39 is 0 Å². The lowest BCUT2D eigenvalue weighted by Gasteiger charge is -2.27. The molecule has 12 rings (SSSR count). The summed E-state index contributed by atoms with van der Waals surface area (Å²) in [5.74, 6) is 0.982. The van der Waals surface area contributed by atoms with Crippen LogP contribution in [0.3, 0.4) is 0 Å². The Labute approximate surface area is 301 Å². The number of benzene rings is 10. The summed E-state index contributed by atoms with van der Waals surface area (Å²) in [6, 6.07) is 65.0. The standard InChI is InChI=1S/C50H31NO/c1-2-13-35-33(10-1)29-44(38-15-4-3-14-37(35)38)39-25-21-31-22-26-40-36(24-20-30-23-27-41(39)48(31)47(30)40)32-11-9-12-34(28-32)51-45-18-7-5-16-42(45)50-49(51)43-17-6-8-19-46(43)52-50/h1-29,49-50H. The molecule has 0 fully saturated rings. The molecule has 0 aliphatic carbocycles. The van der Waals surface area contributed by atoms with Gasteiger partial charge in [-0.25, -0.2) is 0 Å². The van der Waals surface area contributed by atoms with Gasteiger partial charge in [-0.2, -0.15) is 0 Å². The number of nitrogens with zero attached hydrogens (tertiary/aromatic N) is 1. The molecule has 0 radical (unpaired) electrons. The highest BCUT2D eigenvalue weighted by atomic mass is 16.5. The minimum atomic E-state index is -0.0271. The van der Waals surface area contributed by atoms with Gasteiger partial charge in [0.1, 0.15) is 11.8 Å². The number of hydrogen-bond donors (Lipinski definition) is 0. The molecule has 242 valence electrons. The van der Waals surface area contributed by atoms with Crippen LogP contribution in [0.4, 0.5) is 11.4 Å². The summed E-state index contributed by atoms with van der Waals surface area (Å²) in [4.78, 5) is 2.49. The zero-order chi connectivity index (χ0) is 33.9. The lowest BCUT2D eigenvalue weighted by Crippen LogP contribution is -2.20. The van der Waals surface area contributed by atoms with Gasteiger partial charge in [0.05, 0.1) is 0 Å². The van der Waals surface area contributed by atoms with Crippen LogP contribution in [0.1, 0.15) is 23.3 Å². The van der Waals surface area contributed by atoms with Crippen molar-refractivity contribution in [1.82, 2.24) is 0 Å². The second-order valence-corrected chi connectivity index (χ2v) is 14.3. The van der Waals surface area contributed by atoms with Crippen molar-refractivity contribution >= 4 is 65.2 Å². The minimum Gasteiger partial charge on any atom is -0.483 e. The topological polar surface area (TPSA) is 12.5 Å². The fourth-order valence-electron chi connectivity index (χ4n) is 9.49. The first-order valence-corrected chi connectivity index (χ1v) is 18.2. The fourth-order valence-corrected chi connectivity index (χ4v) is 9.49. The van der Waals surface area contributed by atoms with Crippen molar-refractivity contribution in [3.05, 3.63) is 187 Å². The molecule has 2 heteroatoms. The fraction of sp³-hybridized carbons (Fsp3) is 0.0400. The van der Waals surface area contributed by atoms with Crippen LogP contribution in [0.2, 0.25) is 0 Å². The molecular formula is C50H31NO. The zero-order valence-corrected chi connectivity index (χ0v) is 28.3. The molecule has 0 saturated carbocycles. The first-order valence-electron chi connectivity index (χ1n) is 18.2. The van der Waals surface area contributed by atoms with Crippen LogP contribution in [-0.2, 0) is 0 Å². The van der Waals surface area contributed by atoms with E-state index in [0.717, 1.165) is 5.75 Å². The van der Waals surface area contributed by atoms with Crippen molar-refractivity contribution in [1.29, 1.82) is 0 Å². The van der Waals surface area contributed by atoms with Gasteiger partial charge in [-0.1, -0.05) is 146 Å². The Bertz CT molecular complexity index is 3090. The van der Waals surface area contributed by atoms with E-state index in [-0.39, 0.29) is 12.1 Å². The minimum absolute atomic E-state index is 0.0271. The molecule has 10 aromatic carbocycles. The first kappa shape index (κ1) is 28.1. The van der Waals surface area contributed by atoms with Crippen LogP contribution in [0, 0.1) is 0 Å². The van der Waals surface area contributed by atoms with Crippen LogP contribution in [0.5, 0.6) is 5.75 Å². The van der Waals surface area contributed by atoms with E-state index in [4.69, 9.17) is 4.74 Å². The van der Waals surface area contributed by atoms with Crippen molar-refractivity contribution in [2.45, 2.75) is 12.1 Å². The number of rotatable bonds is 3. The summed E-state index contributed by atoms with van der Waals surface area (Å²) in [7, 11) is 0. The van der Waals surface area contributed by atoms with Crippen LogP contribution in [0.25, 0.3) is 76.1 Å². The molecule has 2 unspecified atom stereocenters. The maximum Gasteiger partial charge on any atom is 0.151 e. The molecular weight excluding hydrogens is 631 g/mol. The number of ether oxygens (including phenoxy) is 1. The first-order chi connectivity index (χ1) is 25.8. The van der Waals surface area contributed by atoms with Gasteiger partial charge >= 0.3 is 0 Å². The number of anilines is 2. The Hall–Kier alpha value is -6.64. The molecule has 2 atom stereocenters. The SMILES string of the molecule is c1cc(-c2ccc3ccc4c(-c5cc6ccccc6c6ccccc56)ccc5ccc2c3c54)cc(N2c3ccccc3C3Oc4ccccc4C32)c1. The van der Waals surface area contributed by atoms with Crippen molar-refractivity contribution in [3.63, 3.8) is 0 Å². The molecule has 10 aromatic rings. The Morgan fingerprint density at radius 1 is 0.404 bits per heavy atom. The summed E-state index contributed by atoms with van der Waals surface area (Å²) in [6.45, 7) is 0. The molecule has 2 heterocycles. The summed E-state index contributed by atoms with van der Waals surface area (Å²) in [6.07, 6.45) is -0.0271. The highest BCUT2D eigenvalue weighted by Crippen LogP contribution is 2.58. The summed E-state index contributed by atoms with van der Waals surface area (Å²) >= 11 is 0. The molecule has 0 saturated heterocycles. The molecule has 2 aliphatic rings. The second kappa shape index (κ2) is 10.4. The second-order valence-electron chi connectivity index (χ2n) is 14.3. The van der Waals surface area contributed by atoms with Crippen molar-refractivity contribution in [2.24, 2.45) is 0 Å². The predicted octanol–water partition coefficient (Wildman–Crippen LogP) is 13.6. The lowest BCUT2D eigenvalue weighted by molar-refractivity contribution is 0.223. The predicted molar refractivity (Wildman–Crippen MR) is 217 cm³/mol. The lowest BCUT2D eigenvalue weighted by atomic mass is 9.85. The van der Waals surface area contributed by atoms with E-state index >= 15 is 0 Å². The van der Waals surface area contributed by atoms with Crippen LogP contribution in [0.15, 0.2) is 176 Å². The molecule has 52 heavy (non-hydrogen) atoms. The molecule has 0 amide bonds. The van der Waals surface area contributed by atoms with Gasteiger partial charge in [-0.15, -0.1) is 0 Å². The van der Waals surface area contributed by atoms with E-state index in [9.17, 15) is 0 Å². The Morgan fingerprint density at radius 3 is 1.90 bits per heavy atom. The highest BCUT2D eigenvalue weighted by molar-refractivity contribution is 6.28. The third-order valence-corrected chi connectivity index (χ3v) is 11.7. The van der Waals surface area contributed by atoms with Gasteiger partial charge in [0, 0.05) is 22.5 Å². The Kier molecular flexibility index (Phi) is 5.64. The van der Waals surface area contributed by atoms with E-state index in [0.29, 0.717) is 0 Å². The largest absolute Gasteiger partial charge is 0.483 e. The Morgan fingerprint density at radius 2 is 1.06 bits per heavy atom. The average Bonchev–Trinajstić information content (AvgIpc) is 3.74. The maximum atomic E-state index is 6.59. The smallest absolute Gasteiger partial charge is 0.151 e. The normalized spacial score (nSPS) is 16.2. The summed E-state index contributed by atoms with van der Waals surface area (Å²) < 4.78 is 6.59. The zero-order valence-electron chi connectivity index (χ0n) is 28.3. The summed E-state index contributed by atoms with van der Waals surface area (Å²) in [5.41, 5.74) is 9.89. The molecule has 0 N–H and O–H groups in total. The van der Waals surface area contributed by atoms with E-state index in [1.807, 2.05) is 0 Å². The third-order valence-electron chi connectivity index (χ3n) is 11.7. The summed E-state index contributed by atoms with van der Waals surface area (Å²) in [5, 5.41) is 12.9. The van der Waals surface area contributed by atoms with Gasteiger partial charge in [-0.05, 0) is 106 Å². The van der Waals surface area contributed by atoms with E-state index in [1.165, 1.54) is 98.6 Å². The number of para-hydroxylation sites is 2. The third kappa shape index (κ3) is 3.79. The van der Waals surface area contributed by atoms with Crippen LogP contribution in [-0.4, -0.2) is 0 Å². The molecule has 0 bridgehead atoms. The van der Waals surface area contributed by atoms with Crippen LogP contribution >= 0.6 is 0 Å². The molecule has 0 aromatic heterocycles. The highest BCUT2D eigenvalue weighted by Gasteiger charge is 2.47. The van der Waals surface area contributed by atoms with E-state index in [1.54, 1.807) is 0 Å². The quantitative estimate of drug-likeness (QED) is 0.175. The number of hydrogen-bond acceptors (Lipinski definition) is 2. The van der Waals surface area contributed by atoms with Crippen molar-refractivity contribution < 1.29 is 4.74 Å². The monoisotopic (exact) mass is 661 g/mol. The van der Waals surface area contributed by atoms with Gasteiger partial charge in [0.15, 0.2) is 6.10 Å². The van der Waals surface area contributed by atoms with Gasteiger partial charge in [0.25, 0.3) is 0 Å². The maximum absolute atomic E-state index is 6.59. The molecule has 2 nitrogen and oxygen atoms in total. The average molecular weight is 662 g/mol. The van der Waals surface area contributed by atoms with Crippen molar-refractivity contribution in [2.75, 3.05) is 4.90 Å². The molecule has 0 spiro atoms. The van der Waals surface area contributed by atoms with Gasteiger partial charge in [-0.3, -0.25) is 0 Å². The van der Waals surface area contributed by atoms with Crippen LogP contribution < -0.4 is 9.64 Å². The number of fused-ring (bicyclic) bond motifs is 8. The van der Waals surface area contributed by atoms with Gasteiger partial charge < -0.3 is 9.64 Å². The van der Waals surface area contributed by atoms with Crippen molar-refractivity contribution in [3.8, 4) is 28.0 Å². The van der Waals surface area contributed by atoms with Gasteiger partial charge in [0.2, 0.25) is 0 Å². The molecule has 2 aliphatic heterocycles. The Balaban J connectivity index is 1.06.